The van der Waals surface area contributed by atoms with Crippen LogP contribution in [0.5, 0.6) is 0 Å². The van der Waals surface area contributed by atoms with E-state index >= 15 is 0 Å². The molecule has 0 aromatic heterocycles. The Balaban J connectivity index is 1.94. The first kappa shape index (κ1) is 14.8. The first-order chi connectivity index (χ1) is 8.89. The second-order valence-corrected chi connectivity index (χ2v) is 6.84. The third-order valence-electron chi connectivity index (χ3n) is 4.59. The molecule has 3 atom stereocenters. The smallest absolute Gasteiger partial charge is 0.225 e. The van der Waals surface area contributed by atoms with Gasteiger partial charge in [0.05, 0.1) is 12.2 Å². The van der Waals surface area contributed by atoms with Crippen molar-refractivity contribution in [1.82, 2.24) is 4.90 Å². The number of hydrogen-bond acceptors (Lipinski definition) is 3. The Morgan fingerprint density at radius 3 is 2.79 bits per heavy atom. The number of nitrogens with two attached hydrogens (primary N) is 1. The maximum atomic E-state index is 12.6. The Bertz CT molecular complexity index is 330. The highest BCUT2D eigenvalue weighted by Crippen LogP contribution is 2.31. The third-order valence-corrected chi connectivity index (χ3v) is 4.59. The van der Waals surface area contributed by atoms with Crippen LogP contribution in [0.2, 0.25) is 0 Å². The number of hydrogen-bond donors (Lipinski definition) is 1. The highest BCUT2D eigenvalue weighted by molar-refractivity contribution is 5.79. The monoisotopic (exact) mass is 268 g/mol. The van der Waals surface area contributed by atoms with Gasteiger partial charge in [-0.15, -0.1) is 0 Å². The molecule has 1 saturated carbocycles. The number of ether oxygens (including phenoxy) is 1. The molecule has 2 fully saturated rings. The van der Waals surface area contributed by atoms with Crippen LogP contribution in [-0.2, 0) is 9.53 Å². The van der Waals surface area contributed by atoms with E-state index in [1.165, 1.54) is 0 Å². The Morgan fingerprint density at radius 1 is 1.42 bits per heavy atom. The van der Waals surface area contributed by atoms with Gasteiger partial charge < -0.3 is 15.4 Å². The van der Waals surface area contributed by atoms with Crippen LogP contribution in [0.4, 0.5) is 0 Å². The molecule has 1 amide bonds. The van der Waals surface area contributed by atoms with Gasteiger partial charge >= 0.3 is 0 Å². The number of nitrogens with zero attached hydrogens (tertiary/aromatic N) is 1. The van der Waals surface area contributed by atoms with Crippen LogP contribution >= 0.6 is 0 Å². The SMILES string of the molecule is CC(C(=O)N1CCOC(C)(C)C1)C1CCCC(N)C1. The molecule has 19 heavy (non-hydrogen) atoms. The van der Waals surface area contributed by atoms with Crippen molar-refractivity contribution >= 4 is 5.91 Å². The second kappa shape index (κ2) is 5.80. The lowest BCUT2D eigenvalue weighted by atomic mass is 9.78. The van der Waals surface area contributed by atoms with Crippen LogP contribution in [-0.4, -0.2) is 42.1 Å². The van der Waals surface area contributed by atoms with Gasteiger partial charge in [-0.05, 0) is 39.0 Å². The molecule has 0 radical (unpaired) electrons. The lowest BCUT2D eigenvalue weighted by molar-refractivity contribution is -0.151. The second-order valence-electron chi connectivity index (χ2n) is 6.84. The Hall–Kier alpha value is -0.610. The van der Waals surface area contributed by atoms with Gasteiger partial charge in [0.1, 0.15) is 0 Å². The number of amides is 1. The molecule has 2 rings (SSSR count). The van der Waals surface area contributed by atoms with Gasteiger partial charge in [0.25, 0.3) is 0 Å². The fraction of sp³-hybridized carbons (Fsp3) is 0.933. The van der Waals surface area contributed by atoms with Crippen molar-refractivity contribution in [2.75, 3.05) is 19.7 Å². The van der Waals surface area contributed by atoms with E-state index < -0.39 is 0 Å². The Labute approximate surface area is 116 Å². The van der Waals surface area contributed by atoms with Crippen molar-refractivity contribution in [3.63, 3.8) is 0 Å². The van der Waals surface area contributed by atoms with E-state index in [9.17, 15) is 4.79 Å². The molecule has 1 heterocycles. The van der Waals surface area contributed by atoms with Gasteiger partial charge in [-0.1, -0.05) is 13.3 Å². The lowest BCUT2D eigenvalue weighted by Gasteiger charge is -2.41. The summed E-state index contributed by atoms with van der Waals surface area (Å²) in [5, 5.41) is 0. The van der Waals surface area contributed by atoms with Crippen molar-refractivity contribution in [1.29, 1.82) is 0 Å². The van der Waals surface area contributed by atoms with Crippen LogP contribution in [0.25, 0.3) is 0 Å². The normalized spacial score (nSPS) is 32.9. The van der Waals surface area contributed by atoms with Gasteiger partial charge in [0, 0.05) is 25.0 Å². The molecule has 2 N–H and O–H groups in total. The summed E-state index contributed by atoms with van der Waals surface area (Å²) in [4.78, 5) is 14.6. The number of carbonyl (C=O) groups is 1. The van der Waals surface area contributed by atoms with Crippen LogP contribution < -0.4 is 5.73 Å². The van der Waals surface area contributed by atoms with Gasteiger partial charge in [-0.25, -0.2) is 0 Å². The van der Waals surface area contributed by atoms with Crippen molar-refractivity contribution in [2.45, 2.75) is 58.1 Å². The predicted octanol–water partition coefficient (Wildman–Crippen LogP) is 1.78. The number of carbonyl (C=O) groups excluding carboxylic acids is 1. The van der Waals surface area contributed by atoms with E-state index in [4.69, 9.17) is 10.5 Å². The molecule has 0 bridgehead atoms. The third kappa shape index (κ3) is 3.69. The summed E-state index contributed by atoms with van der Waals surface area (Å²) in [6.07, 6.45) is 4.43. The minimum atomic E-state index is -0.212. The summed E-state index contributed by atoms with van der Waals surface area (Å²) >= 11 is 0. The molecule has 1 saturated heterocycles. The maximum absolute atomic E-state index is 12.6. The topological polar surface area (TPSA) is 55.6 Å². The Morgan fingerprint density at radius 2 is 2.16 bits per heavy atom. The standard InChI is InChI=1S/C15H28N2O2/c1-11(12-5-4-6-13(16)9-12)14(18)17-7-8-19-15(2,3)10-17/h11-13H,4-10,16H2,1-3H3. The first-order valence-electron chi connectivity index (χ1n) is 7.57. The minimum absolute atomic E-state index is 0.0975. The molecule has 2 aliphatic rings. The molecule has 110 valence electrons. The number of rotatable bonds is 2. The molecule has 0 spiro atoms. The summed E-state index contributed by atoms with van der Waals surface area (Å²) in [6, 6.07) is 0.287. The average molecular weight is 268 g/mol. The molecule has 4 heteroatoms. The fourth-order valence-electron chi connectivity index (χ4n) is 3.42. The highest BCUT2D eigenvalue weighted by atomic mass is 16.5. The quantitative estimate of drug-likeness (QED) is 0.830. The molecular formula is C15H28N2O2. The van der Waals surface area contributed by atoms with E-state index in [-0.39, 0.29) is 23.5 Å². The molecule has 0 aromatic rings. The number of morpholine rings is 1. The van der Waals surface area contributed by atoms with Gasteiger partial charge in [0.15, 0.2) is 0 Å². The highest BCUT2D eigenvalue weighted by Gasteiger charge is 2.35. The first-order valence-corrected chi connectivity index (χ1v) is 7.57. The van der Waals surface area contributed by atoms with Crippen LogP contribution in [0.15, 0.2) is 0 Å². The zero-order chi connectivity index (χ0) is 14.0. The van der Waals surface area contributed by atoms with Crippen molar-refractivity contribution in [3.05, 3.63) is 0 Å². The molecule has 1 aliphatic heterocycles. The maximum Gasteiger partial charge on any atom is 0.225 e. The van der Waals surface area contributed by atoms with Crippen LogP contribution in [0.3, 0.4) is 0 Å². The zero-order valence-electron chi connectivity index (χ0n) is 12.5. The van der Waals surface area contributed by atoms with E-state index in [2.05, 4.69) is 6.92 Å². The summed E-state index contributed by atoms with van der Waals surface area (Å²) in [5.74, 6) is 0.845. The van der Waals surface area contributed by atoms with E-state index in [0.717, 1.165) is 32.2 Å². The van der Waals surface area contributed by atoms with Gasteiger partial charge in [0.2, 0.25) is 5.91 Å². The molecular weight excluding hydrogens is 240 g/mol. The molecule has 1 aliphatic carbocycles. The fourth-order valence-corrected chi connectivity index (χ4v) is 3.42. The van der Waals surface area contributed by atoms with E-state index in [0.29, 0.717) is 19.1 Å². The lowest BCUT2D eigenvalue weighted by Crippen LogP contribution is -2.52. The minimum Gasteiger partial charge on any atom is -0.372 e. The van der Waals surface area contributed by atoms with Crippen LogP contribution in [0.1, 0.15) is 46.5 Å². The summed E-state index contributed by atoms with van der Waals surface area (Å²) in [5.41, 5.74) is 5.83. The van der Waals surface area contributed by atoms with Crippen molar-refractivity contribution in [3.8, 4) is 0 Å². The van der Waals surface area contributed by atoms with E-state index in [1.807, 2.05) is 18.7 Å². The van der Waals surface area contributed by atoms with Crippen LogP contribution in [0, 0.1) is 11.8 Å². The zero-order valence-corrected chi connectivity index (χ0v) is 12.5. The van der Waals surface area contributed by atoms with E-state index in [1.54, 1.807) is 0 Å². The summed E-state index contributed by atoms with van der Waals surface area (Å²) in [7, 11) is 0. The summed E-state index contributed by atoms with van der Waals surface area (Å²) < 4.78 is 5.67. The van der Waals surface area contributed by atoms with Gasteiger partial charge in [-0.2, -0.15) is 0 Å². The molecule has 0 aromatic carbocycles. The average Bonchev–Trinajstić information content (AvgIpc) is 2.36. The molecule has 4 nitrogen and oxygen atoms in total. The largest absolute Gasteiger partial charge is 0.372 e. The Kier molecular flexibility index (Phi) is 4.51. The van der Waals surface area contributed by atoms with Gasteiger partial charge in [-0.3, -0.25) is 4.79 Å². The van der Waals surface area contributed by atoms with Crippen molar-refractivity contribution in [2.24, 2.45) is 17.6 Å². The predicted molar refractivity (Wildman–Crippen MR) is 75.7 cm³/mol. The molecule has 3 unspecified atom stereocenters. The van der Waals surface area contributed by atoms with Crippen molar-refractivity contribution < 1.29 is 9.53 Å². The summed E-state index contributed by atoms with van der Waals surface area (Å²) in [6.45, 7) is 8.25.